The number of nitrogens with zero attached hydrogens (tertiary/aromatic N) is 2. The van der Waals surface area contributed by atoms with E-state index in [4.69, 9.17) is 4.74 Å². The summed E-state index contributed by atoms with van der Waals surface area (Å²) in [5.74, 6) is 0.402. The molecule has 1 saturated carbocycles. The predicted octanol–water partition coefficient (Wildman–Crippen LogP) is 2.46. The van der Waals surface area contributed by atoms with Gasteiger partial charge < -0.3 is 9.84 Å². The highest BCUT2D eigenvalue weighted by Crippen LogP contribution is 2.39. The van der Waals surface area contributed by atoms with Gasteiger partial charge in [0.05, 0.1) is 13.5 Å². The monoisotopic (exact) mass is 329 g/mol. The van der Waals surface area contributed by atoms with Crippen molar-refractivity contribution in [1.82, 2.24) is 4.57 Å². The third kappa shape index (κ3) is 3.96. The number of carbonyl (C=O) groups excluding carboxylic acids is 1. The Balaban J connectivity index is 1.55. The van der Waals surface area contributed by atoms with E-state index in [9.17, 15) is 9.90 Å². The van der Waals surface area contributed by atoms with Crippen molar-refractivity contribution >= 4 is 5.97 Å². The second kappa shape index (κ2) is 7.51. The van der Waals surface area contributed by atoms with E-state index in [1.165, 1.54) is 12.8 Å². The second-order valence-corrected chi connectivity index (χ2v) is 6.55. The summed E-state index contributed by atoms with van der Waals surface area (Å²) in [6.45, 7) is 0.956. The highest BCUT2D eigenvalue weighted by atomic mass is 16.5. The minimum Gasteiger partial charge on any atom is -0.507 e. The lowest BCUT2D eigenvalue weighted by atomic mass is 9.94. The van der Waals surface area contributed by atoms with E-state index in [0.717, 1.165) is 18.4 Å². The lowest BCUT2D eigenvalue weighted by molar-refractivity contribution is -0.671. The molecule has 5 nitrogen and oxygen atoms in total. The average Bonchev–Trinajstić information content (AvgIpc) is 3.21. The second-order valence-electron chi connectivity index (χ2n) is 6.55. The van der Waals surface area contributed by atoms with Crippen LogP contribution >= 0.6 is 0 Å². The van der Waals surface area contributed by atoms with Crippen LogP contribution in [0.2, 0.25) is 0 Å². The third-order valence-corrected chi connectivity index (χ3v) is 4.72. The summed E-state index contributed by atoms with van der Waals surface area (Å²) < 4.78 is 9.20. The molecule has 0 radical (unpaired) electrons. The van der Waals surface area contributed by atoms with Gasteiger partial charge in [0.25, 0.3) is 0 Å². The Kier molecular flexibility index (Phi) is 5.18. The molecule has 0 unspecified atom stereocenters. The van der Waals surface area contributed by atoms with E-state index in [-0.39, 0.29) is 18.1 Å². The number of carbonyl (C=O) groups is 1. The van der Waals surface area contributed by atoms with E-state index < -0.39 is 0 Å². The zero-order valence-electron chi connectivity index (χ0n) is 14.1. The topological polar surface area (TPSA) is 55.3 Å². The Labute approximate surface area is 142 Å². The Bertz CT molecular complexity index is 702. The van der Waals surface area contributed by atoms with Gasteiger partial charge in [-0.05, 0) is 24.3 Å². The highest BCUT2D eigenvalue weighted by Gasteiger charge is 2.22. The van der Waals surface area contributed by atoms with Gasteiger partial charge in [0.1, 0.15) is 31.3 Å². The van der Waals surface area contributed by atoms with Gasteiger partial charge >= 0.3 is 5.97 Å². The smallest absolute Gasteiger partial charge is 0.310 e. The van der Waals surface area contributed by atoms with Crippen LogP contribution in [0.25, 0.3) is 0 Å². The van der Waals surface area contributed by atoms with Crippen molar-refractivity contribution in [2.75, 3.05) is 6.61 Å². The lowest BCUT2D eigenvalue weighted by Crippen LogP contribution is -2.24. The maximum atomic E-state index is 12.0. The molecular formula is C19H25N2O3+. The van der Waals surface area contributed by atoms with Gasteiger partial charge in [-0.15, -0.1) is 0 Å². The van der Waals surface area contributed by atoms with Gasteiger partial charge in [-0.2, -0.15) is 0 Å². The number of rotatable bonds is 6. The first-order chi connectivity index (χ1) is 11.6. The number of imidazole rings is 1. The SMILES string of the molecule is C[n+]1ccn(CCOC(=O)Cc2cccc(C3CCCC3)c2O)c1. The molecule has 0 spiro atoms. The van der Waals surface area contributed by atoms with E-state index in [2.05, 4.69) is 0 Å². The molecule has 1 aliphatic carbocycles. The van der Waals surface area contributed by atoms with Crippen LogP contribution in [0.15, 0.2) is 36.9 Å². The van der Waals surface area contributed by atoms with Crippen LogP contribution in [-0.4, -0.2) is 22.2 Å². The van der Waals surface area contributed by atoms with Crippen LogP contribution in [0.4, 0.5) is 0 Å². The van der Waals surface area contributed by atoms with Gasteiger partial charge in [0, 0.05) is 5.56 Å². The molecule has 2 aromatic rings. The zero-order valence-corrected chi connectivity index (χ0v) is 14.1. The molecule has 5 heteroatoms. The number of aromatic nitrogens is 2. The van der Waals surface area contributed by atoms with Crippen molar-refractivity contribution < 1.29 is 19.2 Å². The van der Waals surface area contributed by atoms with E-state index in [1.54, 1.807) is 6.07 Å². The number of phenolic OH excluding ortho intramolecular Hbond substituents is 1. The molecule has 0 atom stereocenters. The summed E-state index contributed by atoms with van der Waals surface area (Å²) in [4.78, 5) is 12.0. The normalized spacial score (nSPS) is 14.9. The molecule has 1 aromatic carbocycles. The van der Waals surface area contributed by atoms with Crippen molar-refractivity contribution in [3.8, 4) is 5.75 Å². The Morgan fingerprint density at radius 2 is 2.17 bits per heavy atom. The van der Waals surface area contributed by atoms with Crippen molar-refractivity contribution in [3.63, 3.8) is 0 Å². The summed E-state index contributed by atoms with van der Waals surface area (Å²) in [6, 6.07) is 5.71. The number of aromatic hydroxyl groups is 1. The van der Waals surface area contributed by atoms with Crippen molar-refractivity contribution in [1.29, 1.82) is 0 Å². The van der Waals surface area contributed by atoms with E-state index in [1.807, 2.05) is 47.0 Å². The molecule has 3 rings (SSSR count). The molecule has 1 aliphatic rings. The van der Waals surface area contributed by atoms with E-state index in [0.29, 0.717) is 24.6 Å². The number of hydrogen-bond donors (Lipinski definition) is 1. The van der Waals surface area contributed by atoms with Gasteiger partial charge in [-0.1, -0.05) is 31.0 Å². The van der Waals surface area contributed by atoms with Gasteiger partial charge in [-0.25, -0.2) is 9.13 Å². The molecule has 0 amide bonds. The maximum Gasteiger partial charge on any atom is 0.310 e. The van der Waals surface area contributed by atoms with Crippen LogP contribution in [0.1, 0.15) is 42.7 Å². The number of aryl methyl sites for hydroxylation is 1. The molecule has 24 heavy (non-hydrogen) atoms. The molecular weight excluding hydrogens is 304 g/mol. The largest absolute Gasteiger partial charge is 0.507 e. The maximum absolute atomic E-state index is 12.0. The summed E-state index contributed by atoms with van der Waals surface area (Å²) in [5, 5.41) is 10.5. The standard InChI is InChI=1S/C19H24N2O3/c1-20-9-10-21(14-20)11-12-24-18(22)13-16-7-4-8-17(19(16)23)15-5-2-3-6-15/h4,7-10,14-15H,2-3,5-6,11-13H2,1H3/p+1. The number of para-hydroxylation sites is 1. The van der Waals surface area contributed by atoms with Crippen LogP contribution in [0, 0.1) is 0 Å². The Morgan fingerprint density at radius 3 is 2.88 bits per heavy atom. The van der Waals surface area contributed by atoms with Crippen molar-refractivity contribution in [3.05, 3.63) is 48.0 Å². The summed E-state index contributed by atoms with van der Waals surface area (Å²) >= 11 is 0. The molecule has 0 aliphatic heterocycles. The van der Waals surface area contributed by atoms with Crippen LogP contribution < -0.4 is 4.57 Å². The van der Waals surface area contributed by atoms with Gasteiger partial charge in [-0.3, -0.25) is 4.79 Å². The van der Waals surface area contributed by atoms with Crippen LogP contribution in [-0.2, 0) is 29.5 Å². The first-order valence-corrected chi connectivity index (χ1v) is 8.61. The minimum absolute atomic E-state index is 0.117. The fourth-order valence-corrected chi connectivity index (χ4v) is 3.43. The minimum atomic E-state index is -0.301. The quantitative estimate of drug-likeness (QED) is 0.654. The van der Waals surface area contributed by atoms with Crippen LogP contribution in [0.3, 0.4) is 0 Å². The Hall–Kier alpha value is -2.30. The predicted molar refractivity (Wildman–Crippen MR) is 89.6 cm³/mol. The number of hydrogen-bond acceptors (Lipinski definition) is 3. The average molecular weight is 329 g/mol. The van der Waals surface area contributed by atoms with Crippen LogP contribution in [0.5, 0.6) is 5.75 Å². The van der Waals surface area contributed by atoms with E-state index >= 15 is 0 Å². The highest BCUT2D eigenvalue weighted by molar-refractivity contribution is 5.73. The number of benzene rings is 1. The lowest BCUT2D eigenvalue weighted by Gasteiger charge is -2.14. The summed E-state index contributed by atoms with van der Waals surface area (Å²) in [6.07, 6.45) is 10.6. The number of esters is 1. The van der Waals surface area contributed by atoms with Crippen molar-refractivity contribution in [2.24, 2.45) is 7.05 Å². The van der Waals surface area contributed by atoms with Gasteiger partial charge in [0.15, 0.2) is 0 Å². The Morgan fingerprint density at radius 1 is 1.38 bits per heavy atom. The van der Waals surface area contributed by atoms with Gasteiger partial charge in [0.2, 0.25) is 6.33 Å². The molecule has 1 N–H and O–H groups in total. The molecule has 1 aromatic heterocycles. The first kappa shape index (κ1) is 16.6. The third-order valence-electron chi connectivity index (χ3n) is 4.72. The molecule has 1 heterocycles. The number of phenols is 1. The molecule has 0 bridgehead atoms. The molecule has 0 saturated heterocycles. The summed E-state index contributed by atoms with van der Waals surface area (Å²) in [7, 11) is 1.95. The zero-order chi connectivity index (χ0) is 16.9. The first-order valence-electron chi connectivity index (χ1n) is 8.61. The fourth-order valence-electron chi connectivity index (χ4n) is 3.43. The van der Waals surface area contributed by atoms with Crippen molar-refractivity contribution in [2.45, 2.75) is 44.6 Å². The fraction of sp³-hybridized carbons (Fsp3) is 0.474. The number of ether oxygens (including phenoxy) is 1. The molecule has 1 fully saturated rings. The summed E-state index contributed by atoms with van der Waals surface area (Å²) in [5.41, 5.74) is 1.65. The molecule has 128 valence electrons.